The maximum atomic E-state index is 14.3. The van der Waals surface area contributed by atoms with Crippen molar-refractivity contribution in [3.05, 3.63) is 29.3 Å². The van der Waals surface area contributed by atoms with Gasteiger partial charge in [-0.25, -0.2) is 0 Å². The van der Waals surface area contributed by atoms with Crippen molar-refractivity contribution in [3.8, 4) is 5.75 Å². The average molecular weight is 869 g/mol. The van der Waals surface area contributed by atoms with Crippen LogP contribution in [0.4, 0.5) is 0 Å². The molecule has 0 spiro atoms. The van der Waals surface area contributed by atoms with E-state index in [0.29, 0.717) is 23.7 Å². The van der Waals surface area contributed by atoms with E-state index in [1.807, 2.05) is 0 Å². The average Bonchev–Trinajstić information content (AvgIpc) is 3.54. The highest BCUT2D eigenvalue weighted by Gasteiger charge is 2.60. The first kappa shape index (κ1) is 49.0. The van der Waals surface area contributed by atoms with Crippen LogP contribution in [0.3, 0.4) is 0 Å². The van der Waals surface area contributed by atoms with E-state index in [2.05, 4.69) is 59.0 Å². The molecule has 4 fully saturated rings. The molecule has 0 bridgehead atoms. The Labute approximate surface area is 373 Å². The van der Waals surface area contributed by atoms with Crippen LogP contribution < -0.4 is 4.74 Å². The summed E-state index contributed by atoms with van der Waals surface area (Å²) in [6, 6.07) is 6.86. The Morgan fingerprint density at radius 1 is 0.803 bits per heavy atom. The number of aryl methyl sites for hydroxylation is 1. The van der Waals surface area contributed by atoms with Crippen LogP contribution in [0.25, 0.3) is 0 Å². The molecule has 2 saturated carbocycles. The van der Waals surface area contributed by atoms with Crippen LogP contribution in [-0.4, -0.2) is 73.6 Å². The quantitative estimate of drug-likeness (QED) is 0.0611. The summed E-state index contributed by atoms with van der Waals surface area (Å²) in [5.41, 5.74) is 2.72. The van der Waals surface area contributed by atoms with Gasteiger partial charge in [0, 0.05) is 26.4 Å². The van der Waals surface area contributed by atoms with Crippen molar-refractivity contribution in [1.29, 1.82) is 0 Å². The van der Waals surface area contributed by atoms with Crippen molar-refractivity contribution in [3.63, 3.8) is 0 Å². The first-order valence-corrected chi connectivity index (χ1v) is 28.1. The summed E-state index contributed by atoms with van der Waals surface area (Å²) in [7, 11) is 1.32. The molecule has 9 heteroatoms. The minimum Gasteiger partial charge on any atom is -0.497 e. The fourth-order valence-corrected chi connectivity index (χ4v) is 13.6. The van der Waals surface area contributed by atoms with Crippen LogP contribution in [0, 0.1) is 28.6 Å². The smallest absolute Gasteiger partial charge is 0.311 e. The molecule has 0 N–H and O–H groups in total. The van der Waals surface area contributed by atoms with Crippen LogP contribution in [0.15, 0.2) is 18.2 Å². The molecule has 1 aromatic rings. The Balaban J connectivity index is 1.15. The predicted molar refractivity (Wildman–Crippen MR) is 247 cm³/mol. The summed E-state index contributed by atoms with van der Waals surface area (Å²) in [6.45, 7) is 17.8. The summed E-state index contributed by atoms with van der Waals surface area (Å²) < 4.78 is 42.9. The topological polar surface area (TPSA) is 81.7 Å². The van der Waals surface area contributed by atoms with Crippen molar-refractivity contribution in [1.82, 2.24) is 0 Å². The van der Waals surface area contributed by atoms with Crippen molar-refractivity contribution in [2.45, 2.75) is 218 Å². The number of fused-ring (bicyclic) bond motifs is 5. The van der Waals surface area contributed by atoms with Gasteiger partial charge in [0.15, 0.2) is 20.9 Å². The first-order chi connectivity index (χ1) is 29.3. The summed E-state index contributed by atoms with van der Waals surface area (Å²) in [5, 5.41) is 0.130. The highest BCUT2D eigenvalue weighted by atomic mass is 28.4. The molecule has 8 nitrogen and oxygen atoms in total. The van der Waals surface area contributed by atoms with E-state index in [1.54, 1.807) is 19.8 Å². The Bertz CT molecular complexity index is 1450. The summed E-state index contributed by atoms with van der Waals surface area (Å²) in [6.07, 6.45) is 25.1. The van der Waals surface area contributed by atoms with E-state index >= 15 is 0 Å². The van der Waals surface area contributed by atoms with Crippen LogP contribution in [0.5, 0.6) is 5.75 Å². The summed E-state index contributed by atoms with van der Waals surface area (Å²) in [5.74, 6) is 3.32. The van der Waals surface area contributed by atoms with Crippen molar-refractivity contribution in [2.75, 3.05) is 40.6 Å². The van der Waals surface area contributed by atoms with Gasteiger partial charge in [-0.15, -0.1) is 0 Å². The van der Waals surface area contributed by atoms with Gasteiger partial charge in [0.25, 0.3) is 0 Å². The zero-order valence-electron chi connectivity index (χ0n) is 40.1. The molecule has 2 aliphatic heterocycles. The maximum absolute atomic E-state index is 14.3. The molecule has 0 amide bonds. The lowest BCUT2D eigenvalue weighted by molar-refractivity contribution is -0.163. The van der Waals surface area contributed by atoms with E-state index in [1.165, 1.54) is 44.1 Å². The van der Waals surface area contributed by atoms with E-state index < -0.39 is 13.7 Å². The molecule has 0 radical (unpaired) electrons. The fourth-order valence-electron chi connectivity index (χ4n) is 12.1. The zero-order chi connectivity index (χ0) is 43.5. The molecular weight excluding hydrogens is 781 g/mol. The van der Waals surface area contributed by atoms with Gasteiger partial charge in [-0.3, -0.25) is 4.79 Å². The van der Waals surface area contributed by atoms with E-state index in [-0.39, 0.29) is 35.1 Å². The SMILES string of the molecule is COC(=O)C(CCCCCCOC1CCCCO1)(CCCCCCOC1CCCCO1)CC[C@@H]1C[C@H]2[C@@H]3CCc4cc(OC)ccc4[C@H]3CC[C@]2(C)[C@H]1O[Si](C)(C)C(C)(C)C. The second-order valence-corrected chi connectivity index (χ2v) is 26.5. The lowest BCUT2D eigenvalue weighted by Gasteiger charge is -2.52. The number of hydrogen-bond acceptors (Lipinski definition) is 8. The highest BCUT2D eigenvalue weighted by molar-refractivity contribution is 6.74. The molecule has 3 aliphatic carbocycles. The fraction of sp³-hybridized carbons (Fsp3) is 0.865. The predicted octanol–water partition coefficient (Wildman–Crippen LogP) is 13.1. The molecular formula is C52H88O8Si. The molecule has 348 valence electrons. The third-order valence-electron chi connectivity index (χ3n) is 16.8. The van der Waals surface area contributed by atoms with Crippen LogP contribution in [0.1, 0.15) is 186 Å². The number of hydrogen-bond donors (Lipinski definition) is 0. The van der Waals surface area contributed by atoms with E-state index in [4.69, 9.17) is 32.8 Å². The zero-order valence-corrected chi connectivity index (χ0v) is 41.1. The van der Waals surface area contributed by atoms with Gasteiger partial charge in [-0.2, -0.15) is 0 Å². The van der Waals surface area contributed by atoms with E-state index in [0.717, 1.165) is 141 Å². The molecule has 1 aromatic carbocycles. The number of carbonyl (C=O) groups excluding carboxylic acids is 1. The number of benzene rings is 1. The number of carbonyl (C=O) groups is 1. The van der Waals surface area contributed by atoms with Gasteiger partial charge in [0.2, 0.25) is 0 Å². The second kappa shape index (κ2) is 22.6. The van der Waals surface area contributed by atoms with Gasteiger partial charge >= 0.3 is 5.97 Å². The van der Waals surface area contributed by atoms with Crippen LogP contribution in [0.2, 0.25) is 18.1 Å². The minimum absolute atomic E-state index is 0.00549. The van der Waals surface area contributed by atoms with Gasteiger partial charge < -0.3 is 32.8 Å². The Morgan fingerprint density at radius 2 is 1.43 bits per heavy atom. The molecule has 6 rings (SSSR count). The molecule has 61 heavy (non-hydrogen) atoms. The lowest BCUT2D eigenvalue weighted by atomic mass is 9.55. The minimum atomic E-state index is -2.09. The molecule has 2 saturated heterocycles. The maximum Gasteiger partial charge on any atom is 0.311 e. The number of esters is 1. The van der Waals surface area contributed by atoms with Crippen LogP contribution >= 0.6 is 0 Å². The second-order valence-electron chi connectivity index (χ2n) is 21.8. The van der Waals surface area contributed by atoms with Gasteiger partial charge in [0.05, 0.1) is 25.7 Å². The Morgan fingerprint density at radius 3 is 1.98 bits per heavy atom. The van der Waals surface area contributed by atoms with Gasteiger partial charge in [-0.1, -0.05) is 72.3 Å². The van der Waals surface area contributed by atoms with Gasteiger partial charge in [-0.05, 0) is 180 Å². The standard InChI is InChI=1S/C52H88O8Si/c1-50(2,3)61(7,8)60-48-40(38-45-44-25-23-39-37-41(54-5)24-26-42(39)43(44)28-31-51(45,48)4)27-32-52(49(53)55-6,29-15-9-11-17-33-56-46-21-13-19-35-58-46)30-16-10-12-18-34-57-47-22-14-20-36-59-47/h24,26,37,40,43-48H,9-23,25,27-36,38H2,1-8H3/t40-,43-,44-,45+,46?,47?,48+,51+,52?/m1/s1. The number of rotatable bonds is 23. The normalized spacial score (nSPS) is 30.2. The summed E-state index contributed by atoms with van der Waals surface area (Å²) >= 11 is 0. The van der Waals surface area contributed by atoms with Crippen LogP contribution in [-0.2, 0) is 39.3 Å². The first-order valence-electron chi connectivity index (χ1n) is 25.2. The largest absolute Gasteiger partial charge is 0.497 e. The number of unbranched alkanes of at least 4 members (excludes halogenated alkanes) is 6. The molecule has 2 heterocycles. The van der Waals surface area contributed by atoms with Crippen molar-refractivity contribution < 1.29 is 37.6 Å². The highest BCUT2D eigenvalue weighted by Crippen LogP contribution is 2.65. The Kier molecular flexibility index (Phi) is 18.1. The van der Waals surface area contributed by atoms with Gasteiger partial charge in [0.1, 0.15) is 5.75 Å². The third-order valence-corrected chi connectivity index (χ3v) is 21.3. The monoisotopic (exact) mass is 869 g/mol. The number of ether oxygens (including phenoxy) is 6. The van der Waals surface area contributed by atoms with E-state index in [9.17, 15) is 4.79 Å². The number of methoxy groups -OCH3 is 2. The molecule has 2 unspecified atom stereocenters. The molecule has 8 atom stereocenters. The van der Waals surface area contributed by atoms with Crippen molar-refractivity contribution in [2.24, 2.45) is 28.6 Å². The lowest BCUT2D eigenvalue weighted by Crippen LogP contribution is -2.51. The molecule has 0 aromatic heterocycles. The summed E-state index contributed by atoms with van der Waals surface area (Å²) in [4.78, 5) is 14.3. The van der Waals surface area contributed by atoms with Crippen molar-refractivity contribution >= 4 is 14.3 Å². The molecule has 5 aliphatic rings. The Hall–Kier alpha value is -1.49. The third kappa shape index (κ3) is 12.4.